The number of H-pyrrole nitrogens is 1. The number of aromatic nitrogens is 2. The smallest absolute Gasteiger partial charge is 0.226 e. The number of rotatable bonds is 11. The first-order valence-electron chi connectivity index (χ1n) is 13.3. The Morgan fingerprint density at radius 3 is 2.84 bits per heavy atom. The first-order chi connectivity index (χ1) is 18.6. The Bertz CT molecular complexity index is 1360. The summed E-state index contributed by atoms with van der Waals surface area (Å²) >= 11 is 1.60. The quantitative estimate of drug-likeness (QED) is 0.299. The molecule has 0 spiro atoms. The molecule has 5 rings (SSSR count). The van der Waals surface area contributed by atoms with Crippen LogP contribution < -0.4 is 10.6 Å². The number of nitrogens with one attached hydrogen (secondary N) is 3. The lowest BCUT2D eigenvalue weighted by Crippen LogP contribution is -2.34. The van der Waals surface area contributed by atoms with Crippen LogP contribution in [0.3, 0.4) is 0 Å². The van der Waals surface area contributed by atoms with Crippen molar-refractivity contribution in [2.24, 2.45) is 4.99 Å². The zero-order chi connectivity index (χ0) is 26.3. The number of hydrogen-bond donors (Lipinski definition) is 3. The van der Waals surface area contributed by atoms with E-state index < -0.39 is 0 Å². The van der Waals surface area contributed by atoms with Crippen molar-refractivity contribution >= 4 is 39.5 Å². The Balaban J connectivity index is 1.27. The van der Waals surface area contributed by atoms with Crippen molar-refractivity contribution in [1.82, 2.24) is 25.5 Å². The van der Waals surface area contributed by atoms with Crippen LogP contribution in [0.25, 0.3) is 22.0 Å². The van der Waals surface area contributed by atoms with Crippen molar-refractivity contribution in [3.8, 4) is 11.3 Å². The lowest BCUT2D eigenvalue weighted by molar-refractivity contribution is -0.121. The summed E-state index contributed by atoms with van der Waals surface area (Å²) in [6.07, 6.45) is 7.05. The van der Waals surface area contributed by atoms with Crippen LogP contribution in [-0.2, 0) is 9.59 Å². The molecule has 0 unspecified atom stereocenters. The molecule has 198 valence electrons. The predicted octanol–water partition coefficient (Wildman–Crippen LogP) is 5.12. The van der Waals surface area contributed by atoms with Crippen molar-refractivity contribution in [3.63, 3.8) is 0 Å². The number of thioether (sulfide) groups is 1. The number of unbranched alkanes of at least 4 members (excludes halogenated alkanes) is 2. The van der Waals surface area contributed by atoms with Gasteiger partial charge in [0.1, 0.15) is 5.82 Å². The highest BCUT2D eigenvalue weighted by molar-refractivity contribution is 8.16. The Morgan fingerprint density at radius 1 is 1.11 bits per heavy atom. The molecule has 2 aliphatic heterocycles. The van der Waals surface area contributed by atoms with E-state index in [0.29, 0.717) is 12.8 Å². The Morgan fingerprint density at radius 2 is 1.97 bits per heavy atom. The highest BCUT2D eigenvalue weighted by Crippen LogP contribution is 2.31. The molecule has 38 heavy (non-hydrogen) atoms. The van der Waals surface area contributed by atoms with Gasteiger partial charge >= 0.3 is 0 Å². The lowest BCUT2D eigenvalue weighted by atomic mass is 10.1. The average molecular weight is 531 g/mol. The van der Waals surface area contributed by atoms with E-state index in [4.69, 9.17) is 0 Å². The molecule has 2 amide bonds. The van der Waals surface area contributed by atoms with Crippen LogP contribution in [-0.4, -0.2) is 52.0 Å². The third-order valence-corrected chi connectivity index (χ3v) is 7.95. The molecular formula is C29H34N6O2S. The van der Waals surface area contributed by atoms with Gasteiger partial charge in [-0.1, -0.05) is 61.0 Å². The summed E-state index contributed by atoms with van der Waals surface area (Å²) < 4.78 is 0. The Hall–Kier alpha value is -3.59. The Kier molecular flexibility index (Phi) is 8.43. The third-order valence-electron chi connectivity index (χ3n) is 7.00. The van der Waals surface area contributed by atoms with Gasteiger partial charge in [-0.15, -0.1) is 0 Å². The number of carbonyl (C=O) groups excluding carboxylic acids is 2. The molecule has 1 atom stereocenters. The molecule has 2 aromatic carbocycles. The van der Waals surface area contributed by atoms with Gasteiger partial charge in [0, 0.05) is 37.8 Å². The number of fused-ring (bicyclic) bond motifs is 2. The normalized spacial score (nSPS) is 15.6. The van der Waals surface area contributed by atoms with Crippen LogP contribution >= 0.6 is 11.8 Å². The summed E-state index contributed by atoms with van der Waals surface area (Å²) in [6, 6.07) is 14.4. The number of carbonyl (C=O) groups is 2. The van der Waals surface area contributed by atoms with Crippen LogP contribution in [0.2, 0.25) is 0 Å². The second-order valence-electron chi connectivity index (χ2n) is 9.71. The summed E-state index contributed by atoms with van der Waals surface area (Å²) in [5.41, 5.74) is 2.99. The monoisotopic (exact) mass is 530 g/mol. The molecule has 3 aromatic rings. The molecule has 0 bridgehead atoms. The molecule has 9 heteroatoms. The van der Waals surface area contributed by atoms with E-state index in [9.17, 15) is 9.59 Å². The number of imidazole rings is 1. The summed E-state index contributed by atoms with van der Waals surface area (Å²) in [4.78, 5) is 39.6. The molecule has 3 N–H and O–H groups in total. The maximum Gasteiger partial charge on any atom is 0.226 e. The van der Waals surface area contributed by atoms with Gasteiger partial charge in [0.25, 0.3) is 0 Å². The fourth-order valence-corrected chi connectivity index (χ4v) is 5.87. The number of benzene rings is 2. The van der Waals surface area contributed by atoms with Crippen LogP contribution in [0.15, 0.2) is 64.8 Å². The van der Waals surface area contributed by atoms with Gasteiger partial charge in [0.05, 0.1) is 24.4 Å². The fourth-order valence-electron chi connectivity index (χ4n) is 4.91. The average Bonchev–Trinajstić information content (AvgIpc) is 3.60. The molecule has 0 saturated carbocycles. The SMILES string of the molecule is CNC(=O)CCCCC[C@H](NC(=O)CC1=CSC2=NCCCN12)c1ncc(-c2ccc3ccccc3c2)[nH]1. The molecule has 0 radical (unpaired) electrons. The summed E-state index contributed by atoms with van der Waals surface area (Å²) in [5.74, 6) is 0.787. The molecule has 1 aromatic heterocycles. The minimum absolute atomic E-state index is 0.0253. The van der Waals surface area contributed by atoms with E-state index in [-0.39, 0.29) is 17.9 Å². The van der Waals surface area contributed by atoms with E-state index in [1.165, 1.54) is 10.8 Å². The zero-order valence-corrected chi connectivity index (χ0v) is 22.5. The first kappa shape index (κ1) is 26.0. The number of aliphatic imine (C=N–C) groups is 1. The highest BCUT2D eigenvalue weighted by Gasteiger charge is 2.27. The second kappa shape index (κ2) is 12.3. The lowest BCUT2D eigenvalue weighted by Gasteiger charge is -2.25. The van der Waals surface area contributed by atoms with Crippen LogP contribution in [0.5, 0.6) is 0 Å². The Labute approximate surface area is 227 Å². The largest absolute Gasteiger partial charge is 0.359 e. The van der Waals surface area contributed by atoms with Gasteiger partial charge in [0.15, 0.2) is 5.17 Å². The minimum atomic E-state index is -0.235. The van der Waals surface area contributed by atoms with Gasteiger partial charge in [0.2, 0.25) is 11.8 Å². The van der Waals surface area contributed by atoms with E-state index in [1.807, 2.05) is 23.7 Å². The van der Waals surface area contributed by atoms with Gasteiger partial charge in [-0.2, -0.15) is 0 Å². The first-order valence-corrected chi connectivity index (χ1v) is 14.2. The standard InChI is InChI=1S/C29H34N6O2S/c1-30-26(36)11-4-2-3-10-24(33-27(37)17-23-19-38-29-31-14-7-15-35(23)29)28-32-18-25(34-28)22-13-12-20-8-5-6-9-21(20)16-22/h5-6,8-9,12-13,16,18-19,24H,2-4,7,10-11,14-15,17H2,1H3,(H,30,36)(H,32,34)(H,33,37)/t24-/m0/s1. The van der Waals surface area contributed by atoms with Gasteiger partial charge in [-0.05, 0) is 41.5 Å². The third kappa shape index (κ3) is 6.27. The number of amidine groups is 1. The van der Waals surface area contributed by atoms with Crippen LogP contribution in [0.4, 0.5) is 0 Å². The summed E-state index contributed by atoms with van der Waals surface area (Å²) in [6.45, 7) is 1.76. The van der Waals surface area contributed by atoms with E-state index in [2.05, 4.69) is 60.8 Å². The number of aromatic amines is 1. The number of hydrogen-bond acceptors (Lipinski definition) is 6. The maximum absolute atomic E-state index is 13.2. The van der Waals surface area contributed by atoms with Crippen LogP contribution in [0, 0.1) is 0 Å². The number of amides is 2. The van der Waals surface area contributed by atoms with E-state index >= 15 is 0 Å². The zero-order valence-electron chi connectivity index (χ0n) is 21.7. The molecule has 3 heterocycles. The molecule has 2 aliphatic rings. The molecule has 0 fully saturated rings. The van der Waals surface area contributed by atoms with Gasteiger partial charge < -0.3 is 20.5 Å². The molecule has 0 aliphatic carbocycles. The predicted molar refractivity (Wildman–Crippen MR) is 153 cm³/mol. The van der Waals surface area contributed by atoms with Gasteiger partial charge in [-0.25, -0.2) is 4.98 Å². The minimum Gasteiger partial charge on any atom is -0.359 e. The fraction of sp³-hybridized carbons (Fsp3) is 0.379. The van der Waals surface area contributed by atoms with Crippen molar-refractivity contribution < 1.29 is 9.59 Å². The number of nitrogens with zero attached hydrogens (tertiary/aromatic N) is 3. The van der Waals surface area contributed by atoms with Crippen molar-refractivity contribution in [1.29, 1.82) is 0 Å². The molecular weight excluding hydrogens is 496 g/mol. The highest BCUT2D eigenvalue weighted by atomic mass is 32.2. The van der Waals surface area contributed by atoms with E-state index in [1.54, 1.807) is 18.8 Å². The second-order valence-corrected chi connectivity index (χ2v) is 10.5. The summed E-state index contributed by atoms with van der Waals surface area (Å²) in [5, 5.41) is 11.3. The van der Waals surface area contributed by atoms with Gasteiger partial charge in [-0.3, -0.25) is 14.6 Å². The topological polar surface area (TPSA) is 102 Å². The molecule has 0 saturated heterocycles. The van der Waals surface area contributed by atoms with Crippen molar-refractivity contribution in [3.05, 3.63) is 65.6 Å². The van der Waals surface area contributed by atoms with Crippen molar-refractivity contribution in [2.75, 3.05) is 20.1 Å². The van der Waals surface area contributed by atoms with Crippen LogP contribution in [0.1, 0.15) is 56.8 Å². The maximum atomic E-state index is 13.2. The van der Waals surface area contributed by atoms with Crippen molar-refractivity contribution in [2.45, 2.75) is 51.0 Å². The summed E-state index contributed by atoms with van der Waals surface area (Å²) in [7, 11) is 1.66. The molecule has 8 nitrogen and oxygen atoms in total. The van der Waals surface area contributed by atoms with E-state index in [0.717, 1.165) is 73.1 Å².